The molecule has 0 saturated carbocycles. The van der Waals surface area contributed by atoms with Crippen molar-refractivity contribution in [3.8, 4) is 11.3 Å². The van der Waals surface area contributed by atoms with Crippen LogP contribution in [0.15, 0.2) is 54.6 Å². The Balaban J connectivity index is 1.52. The van der Waals surface area contributed by atoms with E-state index in [1.54, 1.807) is 0 Å². The summed E-state index contributed by atoms with van der Waals surface area (Å²) in [7, 11) is 0. The SMILES string of the molecule is CC(C)c1ccc(C2c3c(-c4ccccc4)n[nH]c3C(=O)N2CCN2CCOCC2)cc1. The molecule has 32 heavy (non-hydrogen) atoms. The topological polar surface area (TPSA) is 61.5 Å². The summed E-state index contributed by atoms with van der Waals surface area (Å²) in [5, 5.41) is 7.62. The lowest BCUT2D eigenvalue weighted by Crippen LogP contribution is -2.42. The normalized spacial score (nSPS) is 19.0. The predicted octanol–water partition coefficient (Wildman–Crippen LogP) is 4.08. The highest BCUT2D eigenvalue weighted by Gasteiger charge is 2.42. The van der Waals surface area contributed by atoms with Crippen molar-refractivity contribution in [2.75, 3.05) is 39.4 Å². The van der Waals surface area contributed by atoms with Gasteiger partial charge in [-0.05, 0) is 17.0 Å². The van der Waals surface area contributed by atoms with Crippen LogP contribution in [-0.4, -0.2) is 65.3 Å². The first kappa shape index (κ1) is 20.9. The van der Waals surface area contributed by atoms with Crippen molar-refractivity contribution in [2.24, 2.45) is 0 Å². The van der Waals surface area contributed by atoms with Crippen LogP contribution in [0.5, 0.6) is 0 Å². The molecule has 3 heterocycles. The molecule has 5 rings (SSSR count). The zero-order valence-electron chi connectivity index (χ0n) is 18.8. The van der Waals surface area contributed by atoms with Crippen LogP contribution >= 0.6 is 0 Å². The van der Waals surface area contributed by atoms with Gasteiger partial charge < -0.3 is 9.64 Å². The van der Waals surface area contributed by atoms with Gasteiger partial charge in [0.2, 0.25) is 0 Å². The van der Waals surface area contributed by atoms with E-state index in [1.807, 2.05) is 23.1 Å². The monoisotopic (exact) mass is 430 g/mol. The molecule has 1 aromatic heterocycles. The van der Waals surface area contributed by atoms with Crippen molar-refractivity contribution in [2.45, 2.75) is 25.8 Å². The van der Waals surface area contributed by atoms with Gasteiger partial charge in [-0.3, -0.25) is 14.8 Å². The summed E-state index contributed by atoms with van der Waals surface area (Å²) >= 11 is 0. The molecule has 166 valence electrons. The van der Waals surface area contributed by atoms with E-state index in [0.29, 0.717) is 18.2 Å². The van der Waals surface area contributed by atoms with E-state index in [1.165, 1.54) is 5.56 Å². The Morgan fingerprint density at radius 1 is 1.03 bits per heavy atom. The van der Waals surface area contributed by atoms with Crippen LogP contribution in [-0.2, 0) is 4.74 Å². The molecule has 0 aliphatic carbocycles. The number of aromatic nitrogens is 2. The minimum absolute atomic E-state index is 0.0286. The number of ether oxygens (including phenoxy) is 1. The minimum atomic E-state index is -0.145. The smallest absolute Gasteiger partial charge is 0.273 e. The molecule has 1 atom stereocenters. The third kappa shape index (κ3) is 3.85. The molecule has 3 aromatic rings. The maximum Gasteiger partial charge on any atom is 0.273 e. The van der Waals surface area contributed by atoms with Gasteiger partial charge in [0.1, 0.15) is 5.69 Å². The van der Waals surface area contributed by atoms with Crippen molar-refractivity contribution < 1.29 is 9.53 Å². The van der Waals surface area contributed by atoms with Crippen LogP contribution in [0.4, 0.5) is 0 Å². The van der Waals surface area contributed by atoms with Crippen molar-refractivity contribution >= 4 is 5.91 Å². The second-order valence-corrected chi connectivity index (χ2v) is 8.90. The van der Waals surface area contributed by atoms with Gasteiger partial charge in [0, 0.05) is 37.3 Å². The summed E-state index contributed by atoms with van der Waals surface area (Å²) in [4.78, 5) is 17.9. The number of benzene rings is 2. The van der Waals surface area contributed by atoms with Crippen LogP contribution in [0.25, 0.3) is 11.3 Å². The minimum Gasteiger partial charge on any atom is -0.379 e. The fourth-order valence-electron chi connectivity index (χ4n) is 4.73. The van der Waals surface area contributed by atoms with Gasteiger partial charge in [0.05, 0.1) is 24.9 Å². The number of hydrogen-bond acceptors (Lipinski definition) is 4. The van der Waals surface area contributed by atoms with Crippen LogP contribution in [0, 0.1) is 0 Å². The van der Waals surface area contributed by atoms with Crippen molar-refractivity contribution in [1.29, 1.82) is 0 Å². The zero-order chi connectivity index (χ0) is 22.1. The van der Waals surface area contributed by atoms with Gasteiger partial charge in [-0.1, -0.05) is 68.4 Å². The van der Waals surface area contributed by atoms with E-state index in [2.05, 4.69) is 65.3 Å². The van der Waals surface area contributed by atoms with Gasteiger partial charge in [-0.25, -0.2) is 0 Å². The third-order valence-corrected chi connectivity index (χ3v) is 6.59. The molecule has 1 saturated heterocycles. The summed E-state index contributed by atoms with van der Waals surface area (Å²) in [5.41, 5.74) is 5.91. The highest BCUT2D eigenvalue weighted by atomic mass is 16.5. The number of fused-ring (bicyclic) bond motifs is 1. The largest absolute Gasteiger partial charge is 0.379 e. The summed E-state index contributed by atoms with van der Waals surface area (Å²) in [6.07, 6.45) is 0. The van der Waals surface area contributed by atoms with Gasteiger partial charge in [-0.15, -0.1) is 0 Å². The second-order valence-electron chi connectivity index (χ2n) is 8.90. The number of nitrogens with one attached hydrogen (secondary N) is 1. The first-order chi connectivity index (χ1) is 15.6. The lowest BCUT2D eigenvalue weighted by atomic mass is 9.94. The van der Waals surface area contributed by atoms with Crippen LogP contribution in [0.1, 0.15) is 53.0 Å². The number of hydrogen-bond donors (Lipinski definition) is 1. The number of carbonyl (C=O) groups excluding carboxylic acids is 1. The Hall–Kier alpha value is -2.96. The number of H-pyrrole nitrogens is 1. The maximum atomic E-state index is 13.5. The highest BCUT2D eigenvalue weighted by molar-refractivity contribution is 6.00. The molecule has 0 spiro atoms. The molecule has 6 nitrogen and oxygen atoms in total. The number of aromatic amines is 1. The van der Waals surface area contributed by atoms with Crippen molar-refractivity contribution in [3.63, 3.8) is 0 Å². The Labute approximate surface area is 189 Å². The Kier molecular flexibility index (Phi) is 5.81. The van der Waals surface area contributed by atoms with Crippen molar-refractivity contribution in [3.05, 3.63) is 77.0 Å². The van der Waals surface area contributed by atoms with Crippen LogP contribution in [0.2, 0.25) is 0 Å². The average Bonchev–Trinajstić information content (AvgIpc) is 3.38. The van der Waals surface area contributed by atoms with Gasteiger partial charge in [0.25, 0.3) is 5.91 Å². The average molecular weight is 431 g/mol. The summed E-state index contributed by atoms with van der Waals surface area (Å²) in [6, 6.07) is 18.7. The van der Waals surface area contributed by atoms with E-state index in [4.69, 9.17) is 4.74 Å². The second kappa shape index (κ2) is 8.88. The molecule has 2 aliphatic rings. The highest BCUT2D eigenvalue weighted by Crippen LogP contribution is 2.42. The lowest BCUT2D eigenvalue weighted by Gasteiger charge is -2.31. The fraction of sp³-hybridized carbons (Fsp3) is 0.385. The molecular weight excluding hydrogens is 400 g/mol. The Bertz CT molecular complexity index is 1070. The van der Waals surface area contributed by atoms with Gasteiger partial charge >= 0.3 is 0 Å². The van der Waals surface area contributed by atoms with E-state index in [0.717, 1.165) is 55.2 Å². The first-order valence-electron chi connectivity index (χ1n) is 11.5. The molecular formula is C26H30N4O2. The summed E-state index contributed by atoms with van der Waals surface area (Å²) < 4.78 is 5.48. The molecule has 0 radical (unpaired) electrons. The lowest BCUT2D eigenvalue weighted by molar-refractivity contribution is 0.0316. The Morgan fingerprint density at radius 2 is 1.75 bits per heavy atom. The van der Waals surface area contributed by atoms with Gasteiger partial charge in [0.15, 0.2) is 0 Å². The maximum absolute atomic E-state index is 13.5. The molecule has 1 unspecified atom stereocenters. The molecule has 6 heteroatoms. The predicted molar refractivity (Wildman–Crippen MR) is 125 cm³/mol. The summed E-state index contributed by atoms with van der Waals surface area (Å²) in [6.45, 7) is 9.26. The Morgan fingerprint density at radius 3 is 2.44 bits per heavy atom. The fourth-order valence-corrected chi connectivity index (χ4v) is 4.73. The van der Waals surface area contributed by atoms with Crippen LogP contribution < -0.4 is 0 Å². The van der Waals surface area contributed by atoms with E-state index >= 15 is 0 Å². The first-order valence-corrected chi connectivity index (χ1v) is 11.5. The van der Waals surface area contributed by atoms with E-state index in [-0.39, 0.29) is 11.9 Å². The van der Waals surface area contributed by atoms with E-state index < -0.39 is 0 Å². The molecule has 0 bridgehead atoms. The molecule has 2 aromatic carbocycles. The summed E-state index contributed by atoms with van der Waals surface area (Å²) in [5.74, 6) is 0.497. The van der Waals surface area contributed by atoms with Crippen LogP contribution in [0.3, 0.4) is 0 Å². The molecule has 1 amide bonds. The zero-order valence-corrected chi connectivity index (χ0v) is 18.8. The molecule has 1 fully saturated rings. The number of nitrogens with zero attached hydrogens (tertiary/aromatic N) is 3. The number of rotatable bonds is 6. The molecule has 2 aliphatic heterocycles. The van der Waals surface area contributed by atoms with Crippen molar-refractivity contribution in [1.82, 2.24) is 20.0 Å². The van der Waals surface area contributed by atoms with Gasteiger partial charge in [-0.2, -0.15) is 5.10 Å². The quantitative estimate of drug-likeness (QED) is 0.640. The standard InChI is InChI=1S/C26H30N4O2/c1-18(2)19-8-10-21(11-9-19)25-22-23(20-6-4-3-5-7-20)27-28-24(22)26(31)30(25)13-12-29-14-16-32-17-15-29/h3-11,18,25H,12-17H2,1-2H3,(H,27,28). The van der Waals surface area contributed by atoms with E-state index in [9.17, 15) is 4.79 Å². The third-order valence-electron chi connectivity index (χ3n) is 6.59. The number of morpholine rings is 1. The number of amides is 1. The number of carbonyl (C=O) groups is 1. The molecule has 1 N–H and O–H groups in total.